The minimum atomic E-state index is -0.761. The number of rotatable bonds is 5. The summed E-state index contributed by atoms with van der Waals surface area (Å²) in [6.45, 7) is 0.285. The highest BCUT2D eigenvalue weighted by Crippen LogP contribution is 2.40. The van der Waals surface area contributed by atoms with Crippen LogP contribution in [0.4, 0.5) is 4.39 Å². The van der Waals surface area contributed by atoms with E-state index in [-0.39, 0.29) is 23.4 Å². The molecular formula is C27H20BrFN2O3. The predicted octanol–water partition coefficient (Wildman–Crippen LogP) is 5.73. The zero-order valence-corrected chi connectivity index (χ0v) is 19.5. The Balaban J connectivity index is 1.56. The van der Waals surface area contributed by atoms with Gasteiger partial charge in [-0.05, 0) is 60.0 Å². The van der Waals surface area contributed by atoms with Gasteiger partial charge in [-0.25, -0.2) is 4.39 Å². The van der Waals surface area contributed by atoms with Gasteiger partial charge in [-0.2, -0.15) is 0 Å². The fourth-order valence-electron chi connectivity index (χ4n) is 4.44. The number of halogens is 2. The van der Waals surface area contributed by atoms with Crippen LogP contribution in [0.25, 0.3) is 16.7 Å². The topological polar surface area (TPSA) is 73.4 Å². The molecule has 34 heavy (non-hydrogen) atoms. The summed E-state index contributed by atoms with van der Waals surface area (Å²) in [7, 11) is 0. The van der Waals surface area contributed by atoms with Crippen molar-refractivity contribution in [3.8, 4) is 0 Å². The lowest BCUT2D eigenvalue weighted by atomic mass is 9.95. The van der Waals surface area contributed by atoms with Gasteiger partial charge in [0, 0.05) is 33.7 Å². The van der Waals surface area contributed by atoms with Crippen molar-refractivity contribution in [2.24, 2.45) is 0 Å². The van der Waals surface area contributed by atoms with E-state index in [0.29, 0.717) is 12.0 Å². The van der Waals surface area contributed by atoms with Crippen molar-refractivity contribution in [1.29, 1.82) is 0 Å². The fraction of sp³-hybridized carbons (Fsp3) is 0.111. The molecule has 1 aliphatic heterocycles. The van der Waals surface area contributed by atoms with Gasteiger partial charge in [0.05, 0.1) is 11.6 Å². The summed E-state index contributed by atoms with van der Waals surface area (Å²) in [5.41, 5.74) is 3.01. The summed E-state index contributed by atoms with van der Waals surface area (Å²) in [5.74, 6) is -2.20. The van der Waals surface area contributed by atoms with Crippen molar-refractivity contribution >= 4 is 44.3 Å². The number of likely N-dealkylation sites (tertiary alicyclic amines) is 1. The molecule has 1 atom stereocenters. The highest BCUT2D eigenvalue weighted by atomic mass is 79.9. The normalized spacial score (nSPS) is 17.6. The molecule has 0 aliphatic carbocycles. The maximum atomic E-state index is 13.4. The van der Waals surface area contributed by atoms with Crippen LogP contribution < -0.4 is 0 Å². The Morgan fingerprint density at radius 1 is 1.00 bits per heavy atom. The largest absolute Gasteiger partial charge is 0.507 e. The van der Waals surface area contributed by atoms with E-state index in [1.54, 1.807) is 0 Å². The molecule has 7 heteroatoms. The molecule has 4 aromatic rings. The van der Waals surface area contributed by atoms with Crippen LogP contribution in [0.5, 0.6) is 0 Å². The Kier molecular flexibility index (Phi) is 5.79. The molecule has 3 aromatic carbocycles. The van der Waals surface area contributed by atoms with Crippen LogP contribution in [-0.2, 0) is 16.0 Å². The number of H-pyrrole nitrogens is 1. The number of aliphatic hydroxyl groups is 1. The van der Waals surface area contributed by atoms with Crippen molar-refractivity contribution in [2.45, 2.75) is 12.5 Å². The molecule has 170 valence electrons. The fourth-order valence-corrected chi connectivity index (χ4v) is 4.71. The molecule has 0 saturated carbocycles. The van der Waals surface area contributed by atoms with Gasteiger partial charge < -0.3 is 15.0 Å². The number of benzene rings is 3. The zero-order chi connectivity index (χ0) is 23.8. The molecule has 1 amide bonds. The minimum absolute atomic E-state index is 0.00198. The molecule has 5 rings (SSSR count). The average Bonchev–Trinajstić information content (AvgIpc) is 3.37. The number of carbonyl (C=O) groups is 2. The standard InChI is InChI=1S/C27H20BrFN2O3/c28-19-9-5-16(6-10-19)24-23(25(32)17-7-11-20(29)12-8-17)26(33)27(34)31(24)14-13-18-15-30-22-4-2-1-3-21(18)22/h1-12,15,24,30,32H,13-14H2/b25-23-. The molecule has 0 bridgehead atoms. The van der Waals surface area contributed by atoms with Crippen molar-refractivity contribution in [2.75, 3.05) is 6.54 Å². The molecule has 1 saturated heterocycles. The lowest BCUT2D eigenvalue weighted by molar-refractivity contribution is -0.139. The van der Waals surface area contributed by atoms with Gasteiger partial charge in [0.2, 0.25) is 0 Å². The maximum absolute atomic E-state index is 13.4. The molecule has 2 heterocycles. The van der Waals surface area contributed by atoms with E-state index in [4.69, 9.17) is 0 Å². The number of carbonyl (C=O) groups excluding carboxylic acids is 2. The number of nitrogens with zero attached hydrogens (tertiary/aromatic N) is 1. The Morgan fingerprint density at radius 3 is 2.44 bits per heavy atom. The second-order valence-electron chi connectivity index (χ2n) is 8.16. The number of Topliss-reactive ketones (excluding diaryl/α,β-unsaturated/α-hetero) is 1. The van der Waals surface area contributed by atoms with Crippen LogP contribution in [0.1, 0.15) is 22.7 Å². The summed E-state index contributed by atoms with van der Waals surface area (Å²) >= 11 is 3.41. The van der Waals surface area contributed by atoms with E-state index >= 15 is 0 Å². The summed E-state index contributed by atoms with van der Waals surface area (Å²) in [6, 6.07) is 19.6. The number of hydrogen-bond donors (Lipinski definition) is 2. The Morgan fingerprint density at radius 2 is 1.71 bits per heavy atom. The SMILES string of the molecule is O=C1C(=O)N(CCc2c[nH]c3ccccc23)C(c2ccc(Br)cc2)/C1=C(/O)c1ccc(F)cc1. The van der Waals surface area contributed by atoms with Crippen molar-refractivity contribution in [3.05, 3.63) is 112 Å². The molecule has 0 radical (unpaired) electrons. The van der Waals surface area contributed by atoms with E-state index in [1.165, 1.54) is 29.2 Å². The molecule has 1 fully saturated rings. The quantitative estimate of drug-likeness (QED) is 0.201. The van der Waals surface area contributed by atoms with Gasteiger partial charge in [0.1, 0.15) is 11.6 Å². The van der Waals surface area contributed by atoms with Gasteiger partial charge in [-0.15, -0.1) is 0 Å². The molecule has 1 unspecified atom stereocenters. The van der Waals surface area contributed by atoms with Crippen LogP contribution in [0.3, 0.4) is 0 Å². The Labute approximate surface area is 203 Å². The number of fused-ring (bicyclic) bond motifs is 1. The third-order valence-corrected chi connectivity index (χ3v) is 6.67. The second-order valence-corrected chi connectivity index (χ2v) is 9.08. The number of para-hydroxylation sites is 1. The van der Waals surface area contributed by atoms with Crippen molar-refractivity contribution < 1.29 is 19.1 Å². The van der Waals surface area contributed by atoms with Gasteiger partial charge in [0.15, 0.2) is 0 Å². The van der Waals surface area contributed by atoms with E-state index in [9.17, 15) is 19.1 Å². The number of nitrogens with one attached hydrogen (secondary N) is 1. The van der Waals surface area contributed by atoms with Gasteiger partial charge in [0.25, 0.3) is 11.7 Å². The number of amides is 1. The average molecular weight is 519 g/mol. The van der Waals surface area contributed by atoms with Crippen LogP contribution >= 0.6 is 15.9 Å². The smallest absolute Gasteiger partial charge is 0.295 e. The monoisotopic (exact) mass is 518 g/mol. The number of aliphatic hydroxyl groups excluding tert-OH is 1. The van der Waals surface area contributed by atoms with Gasteiger partial charge in [-0.3, -0.25) is 9.59 Å². The van der Waals surface area contributed by atoms with E-state index in [1.807, 2.05) is 54.7 Å². The van der Waals surface area contributed by atoms with Crippen LogP contribution in [0, 0.1) is 5.82 Å². The first kappa shape index (κ1) is 22.1. The van der Waals surface area contributed by atoms with Crippen molar-refractivity contribution in [3.63, 3.8) is 0 Å². The predicted molar refractivity (Wildman–Crippen MR) is 132 cm³/mol. The Bertz CT molecular complexity index is 1420. The van der Waals surface area contributed by atoms with Crippen LogP contribution in [0.2, 0.25) is 0 Å². The van der Waals surface area contributed by atoms with E-state index in [0.717, 1.165) is 20.9 Å². The van der Waals surface area contributed by atoms with Crippen molar-refractivity contribution in [1.82, 2.24) is 9.88 Å². The number of ketones is 1. The lowest BCUT2D eigenvalue weighted by Crippen LogP contribution is -2.31. The summed E-state index contributed by atoms with van der Waals surface area (Å²) in [4.78, 5) is 31.0. The minimum Gasteiger partial charge on any atom is -0.507 e. The summed E-state index contributed by atoms with van der Waals surface area (Å²) in [5, 5.41) is 12.1. The van der Waals surface area contributed by atoms with E-state index < -0.39 is 23.5 Å². The number of aromatic nitrogens is 1. The maximum Gasteiger partial charge on any atom is 0.295 e. The highest BCUT2D eigenvalue weighted by Gasteiger charge is 2.45. The summed E-state index contributed by atoms with van der Waals surface area (Å²) in [6.07, 6.45) is 2.44. The Hall–Kier alpha value is -3.71. The third kappa shape index (κ3) is 3.92. The molecule has 5 nitrogen and oxygen atoms in total. The lowest BCUT2D eigenvalue weighted by Gasteiger charge is -2.25. The first-order valence-corrected chi connectivity index (χ1v) is 11.6. The molecule has 2 N–H and O–H groups in total. The first-order chi connectivity index (χ1) is 16.4. The highest BCUT2D eigenvalue weighted by molar-refractivity contribution is 9.10. The van der Waals surface area contributed by atoms with Gasteiger partial charge in [-0.1, -0.05) is 46.3 Å². The van der Waals surface area contributed by atoms with E-state index in [2.05, 4.69) is 20.9 Å². The van der Waals surface area contributed by atoms with Crippen LogP contribution in [-0.4, -0.2) is 33.2 Å². The van der Waals surface area contributed by atoms with Gasteiger partial charge >= 0.3 is 0 Å². The molecule has 0 spiro atoms. The zero-order valence-electron chi connectivity index (χ0n) is 18.0. The third-order valence-electron chi connectivity index (χ3n) is 6.14. The molecular weight excluding hydrogens is 499 g/mol. The van der Waals surface area contributed by atoms with Crippen LogP contribution in [0.15, 0.2) is 89.0 Å². The number of aromatic amines is 1. The second kappa shape index (κ2) is 8.91. The first-order valence-electron chi connectivity index (χ1n) is 10.8. The molecule has 1 aliphatic rings. The number of hydrogen-bond acceptors (Lipinski definition) is 3. The summed E-state index contributed by atoms with van der Waals surface area (Å²) < 4.78 is 14.3. The molecule has 1 aromatic heterocycles.